The van der Waals surface area contributed by atoms with E-state index in [1.807, 2.05) is 13.8 Å². The summed E-state index contributed by atoms with van der Waals surface area (Å²) >= 11 is -0.250. The Balaban J connectivity index is 1.71. The van der Waals surface area contributed by atoms with E-state index in [1.54, 1.807) is 0 Å². The van der Waals surface area contributed by atoms with Crippen LogP contribution in [0.25, 0.3) is 0 Å². The van der Waals surface area contributed by atoms with Crippen molar-refractivity contribution in [3.8, 4) is 0 Å². The predicted molar refractivity (Wildman–Crippen MR) is 102 cm³/mol. The van der Waals surface area contributed by atoms with Crippen LogP contribution in [0.15, 0.2) is 34.1 Å². The SMILES string of the molecule is CC1CN(CC2CCCN2S(=O)(=O)c2ccc(SC(F)(F)F)cc2)CC(C)O1. The molecular formula is C18H25F3N2O3S2. The van der Waals surface area contributed by atoms with Crippen LogP contribution in [-0.4, -0.2) is 67.6 Å². The highest BCUT2D eigenvalue weighted by Crippen LogP contribution is 2.37. The Morgan fingerprint density at radius 1 is 1.14 bits per heavy atom. The first-order chi connectivity index (χ1) is 13.0. The summed E-state index contributed by atoms with van der Waals surface area (Å²) in [6, 6.07) is 4.81. The maximum Gasteiger partial charge on any atom is 0.446 e. The molecule has 0 saturated carbocycles. The molecule has 0 amide bonds. The Labute approximate surface area is 168 Å². The van der Waals surface area contributed by atoms with E-state index in [4.69, 9.17) is 4.74 Å². The lowest BCUT2D eigenvalue weighted by molar-refractivity contribution is -0.0707. The largest absolute Gasteiger partial charge is 0.446 e. The molecule has 5 nitrogen and oxygen atoms in total. The van der Waals surface area contributed by atoms with Crippen LogP contribution in [0, 0.1) is 0 Å². The van der Waals surface area contributed by atoms with E-state index in [2.05, 4.69) is 4.90 Å². The van der Waals surface area contributed by atoms with Crippen LogP contribution >= 0.6 is 11.8 Å². The highest BCUT2D eigenvalue weighted by Gasteiger charge is 2.37. The third-order valence-electron chi connectivity index (χ3n) is 4.95. The van der Waals surface area contributed by atoms with Crippen molar-refractivity contribution in [1.29, 1.82) is 0 Å². The highest BCUT2D eigenvalue weighted by atomic mass is 32.2. The normalized spacial score (nSPS) is 28.0. The number of sulfonamides is 1. The van der Waals surface area contributed by atoms with Gasteiger partial charge in [-0.05, 0) is 62.7 Å². The van der Waals surface area contributed by atoms with Crippen molar-refractivity contribution in [1.82, 2.24) is 9.21 Å². The fraction of sp³-hybridized carbons (Fsp3) is 0.667. The first-order valence-corrected chi connectivity index (χ1v) is 11.6. The summed E-state index contributed by atoms with van der Waals surface area (Å²) in [4.78, 5) is 2.25. The minimum absolute atomic E-state index is 0.0271. The number of halogens is 3. The molecule has 2 saturated heterocycles. The van der Waals surface area contributed by atoms with Gasteiger partial charge in [0.05, 0.1) is 17.1 Å². The van der Waals surface area contributed by atoms with Crippen molar-refractivity contribution in [2.45, 2.75) is 60.2 Å². The minimum atomic E-state index is -4.40. The zero-order chi connectivity index (χ0) is 20.5. The van der Waals surface area contributed by atoms with Gasteiger partial charge in [0.15, 0.2) is 0 Å². The summed E-state index contributed by atoms with van der Waals surface area (Å²) in [5.41, 5.74) is -4.40. The molecular weight excluding hydrogens is 413 g/mol. The van der Waals surface area contributed by atoms with E-state index < -0.39 is 15.5 Å². The van der Waals surface area contributed by atoms with E-state index in [0.29, 0.717) is 13.1 Å². The zero-order valence-electron chi connectivity index (χ0n) is 15.9. The Morgan fingerprint density at radius 2 is 1.75 bits per heavy atom. The van der Waals surface area contributed by atoms with Gasteiger partial charge in [0.2, 0.25) is 10.0 Å². The van der Waals surface area contributed by atoms with Crippen molar-refractivity contribution in [2.24, 2.45) is 0 Å². The summed E-state index contributed by atoms with van der Waals surface area (Å²) in [6.07, 6.45) is 1.77. The van der Waals surface area contributed by atoms with E-state index in [-0.39, 0.29) is 39.8 Å². The van der Waals surface area contributed by atoms with Crippen LogP contribution in [0.4, 0.5) is 13.2 Å². The molecule has 1 aromatic carbocycles. The zero-order valence-corrected chi connectivity index (χ0v) is 17.5. The van der Waals surface area contributed by atoms with Gasteiger partial charge in [-0.1, -0.05) is 0 Å². The predicted octanol–water partition coefficient (Wildman–Crippen LogP) is 3.56. The molecule has 2 heterocycles. The van der Waals surface area contributed by atoms with Crippen LogP contribution < -0.4 is 0 Å². The quantitative estimate of drug-likeness (QED) is 0.658. The fourth-order valence-corrected chi connectivity index (χ4v) is 6.21. The summed E-state index contributed by atoms with van der Waals surface area (Å²) in [5.74, 6) is 0. The molecule has 2 fully saturated rings. The summed E-state index contributed by atoms with van der Waals surface area (Å²) < 4.78 is 70.8. The van der Waals surface area contributed by atoms with Gasteiger partial charge >= 0.3 is 5.51 Å². The van der Waals surface area contributed by atoms with Gasteiger partial charge in [0.25, 0.3) is 0 Å². The monoisotopic (exact) mass is 438 g/mol. The maximum atomic E-state index is 13.1. The van der Waals surface area contributed by atoms with Gasteiger partial charge in [-0.3, -0.25) is 4.90 Å². The number of nitrogens with zero attached hydrogens (tertiary/aromatic N) is 2. The smallest absolute Gasteiger partial charge is 0.373 e. The van der Waals surface area contributed by atoms with Gasteiger partial charge in [-0.25, -0.2) is 8.42 Å². The molecule has 0 aromatic heterocycles. The van der Waals surface area contributed by atoms with Crippen LogP contribution in [0.5, 0.6) is 0 Å². The van der Waals surface area contributed by atoms with Gasteiger partial charge < -0.3 is 4.74 Å². The number of benzene rings is 1. The number of morpholine rings is 1. The lowest BCUT2D eigenvalue weighted by Gasteiger charge is -2.38. The molecule has 2 aliphatic rings. The fourth-order valence-electron chi connectivity index (χ4n) is 3.99. The average Bonchev–Trinajstić information content (AvgIpc) is 3.01. The Bertz CT molecular complexity index is 761. The Morgan fingerprint density at radius 3 is 2.32 bits per heavy atom. The second-order valence-corrected chi connectivity index (χ2v) is 10.4. The molecule has 3 atom stereocenters. The van der Waals surface area contributed by atoms with Gasteiger partial charge in [0.1, 0.15) is 0 Å². The summed E-state index contributed by atoms with van der Waals surface area (Å²) in [6.45, 7) is 6.61. The van der Waals surface area contributed by atoms with Crippen molar-refractivity contribution in [3.63, 3.8) is 0 Å². The Kier molecular flexibility index (Phi) is 6.65. The molecule has 0 radical (unpaired) electrons. The first kappa shape index (κ1) is 21.9. The average molecular weight is 439 g/mol. The third-order valence-corrected chi connectivity index (χ3v) is 7.66. The molecule has 2 aliphatic heterocycles. The molecule has 0 aliphatic carbocycles. The molecule has 158 valence electrons. The molecule has 3 unspecified atom stereocenters. The van der Waals surface area contributed by atoms with Gasteiger partial charge in [0, 0.05) is 37.1 Å². The Hall–Kier alpha value is -0.810. The van der Waals surface area contributed by atoms with Crippen molar-refractivity contribution in [3.05, 3.63) is 24.3 Å². The third kappa shape index (κ3) is 5.41. The summed E-state index contributed by atoms with van der Waals surface area (Å²) in [7, 11) is -3.74. The van der Waals surface area contributed by atoms with Gasteiger partial charge in [-0.2, -0.15) is 17.5 Å². The number of thioether (sulfide) groups is 1. The number of ether oxygens (including phenoxy) is 1. The highest BCUT2D eigenvalue weighted by molar-refractivity contribution is 8.00. The summed E-state index contributed by atoms with van der Waals surface area (Å²) in [5, 5.41) is 0. The minimum Gasteiger partial charge on any atom is -0.373 e. The number of rotatable bonds is 5. The molecule has 0 N–H and O–H groups in total. The second kappa shape index (κ2) is 8.51. The van der Waals surface area contributed by atoms with Crippen LogP contribution in [0.2, 0.25) is 0 Å². The molecule has 0 spiro atoms. The van der Waals surface area contributed by atoms with E-state index in [0.717, 1.165) is 25.9 Å². The maximum absolute atomic E-state index is 13.1. The standard InChI is InChI=1S/C18H25F3N2O3S2/c1-13-10-22(11-14(2)26-13)12-15-4-3-9-23(15)28(24,25)17-7-5-16(6-8-17)27-18(19,20)21/h5-8,13-15H,3-4,9-12H2,1-2H3. The number of alkyl halides is 3. The lowest BCUT2D eigenvalue weighted by Crippen LogP contribution is -2.50. The molecule has 1 aromatic rings. The van der Waals surface area contributed by atoms with E-state index >= 15 is 0 Å². The van der Waals surface area contributed by atoms with Crippen molar-refractivity contribution in [2.75, 3.05) is 26.2 Å². The number of hydrogen-bond acceptors (Lipinski definition) is 5. The van der Waals surface area contributed by atoms with Gasteiger partial charge in [-0.15, -0.1) is 0 Å². The second-order valence-electron chi connectivity index (χ2n) is 7.41. The first-order valence-electron chi connectivity index (χ1n) is 9.30. The van der Waals surface area contributed by atoms with Crippen LogP contribution in [-0.2, 0) is 14.8 Å². The molecule has 3 rings (SSSR count). The van der Waals surface area contributed by atoms with E-state index in [9.17, 15) is 21.6 Å². The van der Waals surface area contributed by atoms with Crippen molar-refractivity contribution >= 4 is 21.8 Å². The molecule has 10 heteroatoms. The van der Waals surface area contributed by atoms with E-state index in [1.165, 1.54) is 28.6 Å². The topological polar surface area (TPSA) is 49.9 Å². The molecule has 28 heavy (non-hydrogen) atoms. The lowest BCUT2D eigenvalue weighted by atomic mass is 10.1. The molecule has 0 bridgehead atoms. The number of hydrogen-bond donors (Lipinski definition) is 0. The van der Waals surface area contributed by atoms with Crippen LogP contribution in [0.1, 0.15) is 26.7 Å². The van der Waals surface area contributed by atoms with Crippen molar-refractivity contribution < 1.29 is 26.3 Å². The van der Waals surface area contributed by atoms with Crippen LogP contribution in [0.3, 0.4) is 0 Å².